The van der Waals surface area contributed by atoms with Crippen LogP contribution in [0.5, 0.6) is 0 Å². The Labute approximate surface area is 303 Å². The molecule has 0 aliphatic heterocycles. The van der Waals surface area contributed by atoms with E-state index in [0.717, 1.165) is 50.2 Å². The summed E-state index contributed by atoms with van der Waals surface area (Å²) in [7, 11) is 0. The Kier molecular flexibility index (Phi) is 6.42. The summed E-state index contributed by atoms with van der Waals surface area (Å²) in [5.74, 6) is 0. The second kappa shape index (κ2) is 11.5. The van der Waals surface area contributed by atoms with Crippen LogP contribution < -0.4 is 4.90 Å². The van der Waals surface area contributed by atoms with Crippen molar-refractivity contribution in [3.63, 3.8) is 0 Å². The summed E-state index contributed by atoms with van der Waals surface area (Å²) in [5.41, 5.74) is 10.9. The molecule has 3 aromatic heterocycles. The maximum absolute atomic E-state index is 6.23. The lowest BCUT2D eigenvalue weighted by Crippen LogP contribution is -2.11. The number of fused-ring (bicyclic) bond motifs is 9. The Balaban J connectivity index is 1.19. The smallest absolute Gasteiger partial charge is 0.135 e. The molecule has 11 rings (SSSR count). The zero-order valence-electron chi connectivity index (χ0n) is 28.0. The molecule has 0 spiro atoms. The summed E-state index contributed by atoms with van der Waals surface area (Å²) in [6, 6.07) is 65.7. The van der Waals surface area contributed by atoms with Crippen LogP contribution in [-0.2, 0) is 0 Å². The van der Waals surface area contributed by atoms with Gasteiger partial charge in [0.1, 0.15) is 11.2 Å². The van der Waals surface area contributed by atoms with Crippen LogP contribution in [0.4, 0.5) is 17.1 Å². The predicted octanol–water partition coefficient (Wildman–Crippen LogP) is 14.2. The van der Waals surface area contributed by atoms with Crippen LogP contribution in [-0.4, -0.2) is 4.57 Å². The zero-order chi connectivity index (χ0) is 34.2. The molecule has 0 saturated carbocycles. The first-order chi connectivity index (χ1) is 25.8. The van der Waals surface area contributed by atoms with Gasteiger partial charge in [0.15, 0.2) is 0 Å². The third-order valence-corrected chi connectivity index (χ3v) is 11.5. The van der Waals surface area contributed by atoms with E-state index in [1.165, 1.54) is 47.6 Å². The summed E-state index contributed by atoms with van der Waals surface area (Å²) in [4.78, 5) is 2.43. The van der Waals surface area contributed by atoms with Gasteiger partial charge in [0.25, 0.3) is 0 Å². The van der Waals surface area contributed by atoms with E-state index >= 15 is 0 Å². The number of nitrogens with zero attached hydrogens (tertiary/aromatic N) is 2. The summed E-state index contributed by atoms with van der Waals surface area (Å²) < 4.78 is 11.2. The van der Waals surface area contributed by atoms with E-state index < -0.39 is 0 Å². The Bertz CT molecular complexity index is 3150. The number of anilines is 3. The van der Waals surface area contributed by atoms with E-state index in [-0.39, 0.29) is 0 Å². The monoisotopic (exact) mass is 682 g/mol. The fourth-order valence-electron chi connectivity index (χ4n) is 8.04. The van der Waals surface area contributed by atoms with E-state index in [1.54, 1.807) is 0 Å². The summed E-state index contributed by atoms with van der Waals surface area (Å²) >= 11 is 1.85. The molecular weight excluding hydrogens is 653 g/mol. The molecule has 8 aromatic carbocycles. The number of benzene rings is 8. The van der Waals surface area contributed by atoms with Gasteiger partial charge in [-0.2, -0.15) is 0 Å². The predicted molar refractivity (Wildman–Crippen MR) is 221 cm³/mol. The molecule has 0 fully saturated rings. The number of furan rings is 1. The van der Waals surface area contributed by atoms with Gasteiger partial charge in [-0.3, -0.25) is 0 Å². The average molecular weight is 683 g/mol. The van der Waals surface area contributed by atoms with Gasteiger partial charge in [0, 0.05) is 64.3 Å². The van der Waals surface area contributed by atoms with Crippen molar-refractivity contribution in [1.82, 2.24) is 4.57 Å². The van der Waals surface area contributed by atoms with Gasteiger partial charge in [0.05, 0.1) is 16.7 Å². The van der Waals surface area contributed by atoms with Gasteiger partial charge < -0.3 is 13.9 Å². The van der Waals surface area contributed by atoms with Gasteiger partial charge in [0.2, 0.25) is 0 Å². The van der Waals surface area contributed by atoms with E-state index in [0.29, 0.717) is 0 Å². The van der Waals surface area contributed by atoms with Gasteiger partial charge in [-0.25, -0.2) is 0 Å². The van der Waals surface area contributed by atoms with Gasteiger partial charge in [-0.1, -0.05) is 109 Å². The number of para-hydroxylation sites is 3. The molecule has 244 valence electrons. The summed E-state index contributed by atoms with van der Waals surface area (Å²) in [6.45, 7) is 0. The van der Waals surface area contributed by atoms with Crippen molar-refractivity contribution >= 4 is 92.3 Å². The largest absolute Gasteiger partial charge is 0.456 e. The molecule has 11 aromatic rings. The van der Waals surface area contributed by atoms with E-state index in [4.69, 9.17) is 4.42 Å². The maximum atomic E-state index is 6.23. The molecule has 0 aliphatic rings. The first kappa shape index (κ1) is 29.1. The van der Waals surface area contributed by atoms with Crippen molar-refractivity contribution in [2.45, 2.75) is 0 Å². The third-order valence-electron chi connectivity index (χ3n) is 10.4. The first-order valence-electron chi connectivity index (χ1n) is 17.6. The third kappa shape index (κ3) is 4.45. The number of hydrogen-bond donors (Lipinski definition) is 0. The van der Waals surface area contributed by atoms with Crippen LogP contribution >= 0.6 is 11.3 Å². The average Bonchev–Trinajstić information content (AvgIpc) is 3.87. The van der Waals surface area contributed by atoms with E-state index in [2.05, 4.69) is 179 Å². The SMILES string of the molecule is c1ccc(-c2ccccc2N(c2ccc3sc4ccccc4c3c2)c2ccc3c4ccccc4n(-c4ccc5oc6ccccc6c5c4)c3c2)cc1. The fourth-order valence-corrected chi connectivity index (χ4v) is 9.13. The van der Waals surface area contributed by atoms with E-state index in [9.17, 15) is 0 Å². The highest BCUT2D eigenvalue weighted by Crippen LogP contribution is 2.45. The van der Waals surface area contributed by atoms with Gasteiger partial charge >= 0.3 is 0 Å². The molecule has 0 saturated heterocycles. The maximum Gasteiger partial charge on any atom is 0.135 e. The molecule has 0 bridgehead atoms. The van der Waals surface area contributed by atoms with Crippen LogP contribution in [0.2, 0.25) is 0 Å². The molecular formula is C48H30N2OS. The standard InChI is InChI=1S/C48H30N2OS/c1-2-12-31(13-3-1)35-14-4-8-18-42(35)49(32-24-27-48-41(29-32)39-17-7-11-21-47(39)52-48)34-22-25-37-36-15-5-9-19-43(36)50(44(37)30-34)33-23-26-46-40(28-33)38-16-6-10-20-45(38)51-46/h1-30H. The fraction of sp³-hybridized carbons (Fsp3) is 0. The zero-order valence-corrected chi connectivity index (χ0v) is 28.8. The molecule has 52 heavy (non-hydrogen) atoms. The van der Waals surface area contributed by atoms with Crippen LogP contribution in [0, 0.1) is 0 Å². The van der Waals surface area contributed by atoms with Crippen molar-refractivity contribution in [3.05, 3.63) is 182 Å². The normalized spacial score (nSPS) is 11.8. The highest BCUT2D eigenvalue weighted by molar-refractivity contribution is 7.25. The Hall–Kier alpha value is -6.62. The van der Waals surface area contributed by atoms with Crippen LogP contribution in [0.1, 0.15) is 0 Å². The van der Waals surface area contributed by atoms with E-state index in [1.807, 2.05) is 23.5 Å². The molecule has 4 heteroatoms. The Morgan fingerprint density at radius 2 is 1.10 bits per heavy atom. The second-order valence-corrected chi connectivity index (χ2v) is 14.4. The first-order valence-corrected chi connectivity index (χ1v) is 18.4. The molecule has 0 atom stereocenters. The lowest BCUT2D eigenvalue weighted by molar-refractivity contribution is 0.669. The lowest BCUT2D eigenvalue weighted by Gasteiger charge is -2.28. The Morgan fingerprint density at radius 3 is 2.02 bits per heavy atom. The van der Waals surface area contributed by atoms with Crippen molar-refractivity contribution in [2.75, 3.05) is 4.90 Å². The lowest BCUT2D eigenvalue weighted by atomic mass is 10.0. The van der Waals surface area contributed by atoms with Crippen molar-refractivity contribution < 1.29 is 4.42 Å². The minimum atomic E-state index is 0.895. The number of thiophene rings is 1. The van der Waals surface area contributed by atoms with Crippen molar-refractivity contribution in [2.24, 2.45) is 0 Å². The molecule has 3 heterocycles. The number of aromatic nitrogens is 1. The molecule has 0 aliphatic carbocycles. The number of hydrogen-bond acceptors (Lipinski definition) is 3. The minimum absolute atomic E-state index is 0.895. The van der Waals surface area contributed by atoms with Crippen molar-refractivity contribution in [1.29, 1.82) is 0 Å². The number of rotatable bonds is 5. The summed E-state index contributed by atoms with van der Waals surface area (Å²) in [6.07, 6.45) is 0. The molecule has 0 N–H and O–H groups in total. The quantitative estimate of drug-likeness (QED) is 0.180. The Morgan fingerprint density at radius 1 is 0.423 bits per heavy atom. The highest BCUT2D eigenvalue weighted by atomic mass is 32.1. The molecule has 3 nitrogen and oxygen atoms in total. The van der Waals surface area contributed by atoms with Crippen LogP contribution in [0.3, 0.4) is 0 Å². The van der Waals surface area contributed by atoms with Gasteiger partial charge in [-0.15, -0.1) is 11.3 Å². The topological polar surface area (TPSA) is 21.3 Å². The van der Waals surface area contributed by atoms with Crippen LogP contribution in [0.25, 0.3) is 80.7 Å². The van der Waals surface area contributed by atoms with Gasteiger partial charge in [-0.05, 0) is 78.4 Å². The molecule has 0 radical (unpaired) electrons. The highest BCUT2D eigenvalue weighted by Gasteiger charge is 2.21. The molecule has 0 amide bonds. The van der Waals surface area contributed by atoms with Crippen molar-refractivity contribution in [3.8, 4) is 16.8 Å². The van der Waals surface area contributed by atoms with Crippen LogP contribution in [0.15, 0.2) is 186 Å². The second-order valence-electron chi connectivity index (χ2n) is 13.3. The summed E-state index contributed by atoms with van der Waals surface area (Å²) in [5, 5.41) is 7.25. The molecule has 0 unspecified atom stereocenters. The minimum Gasteiger partial charge on any atom is -0.456 e.